The van der Waals surface area contributed by atoms with Crippen LogP contribution < -0.4 is 5.32 Å². The number of carbonyl (C=O) groups excluding carboxylic acids is 1. The maximum Gasteiger partial charge on any atom is 0.275 e. The minimum atomic E-state index is -0.309. The number of halogens is 1. The fourth-order valence-corrected chi connectivity index (χ4v) is 2.42. The van der Waals surface area contributed by atoms with Crippen LogP contribution in [0.4, 0.5) is 5.82 Å². The number of amides is 1. The molecule has 21 heavy (non-hydrogen) atoms. The molecule has 2 aromatic heterocycles. The van der Waals surface area contributed by atoms with Crippen molar-refractivity contribution in [3.05, 3.63) is 40.8 Å². The number of anilines is 1. The van der Waals surface area contributed by atoms with Gasteiger partial charge in [0.2, 0.25) is 0 Å². The van der Waals surface area contributed by atoms with Crippen LogP contribution in [0.15, 0.2) is 24.4 Å². The Balaban J connectivity index is 1.66. The SMILES string of the molecule is O=C(Nc1cc(C2CCOCC2)[nH]n1)c1ccc(Cl)cn1. The number of pyridine rings is 1. The number of ether oxygens (including phenoxy) is 1. The molecule has 0 atom stereocenters. The second-order valence-electron chi connectivity index (χ2n) is 4.91. The summed E-state index contributed by atoms with van der Waals surface area (Å²) in [7, 11) is 0. The minimum absolute atomic E-state index is 0.301. The number of rotatable bonds is 3. The second kappa shape index (κ2) is 6.24. The standard InChI is InChI=1S/C14H15ClN4O2/c15-10-1-2-11(16-8-10)14(20)17-13-7-12(18-19-13)9-3-5-21-6-4-9/h1-2,7-9H,3-6H2,(H2,17,18,19,20). The van der Waals surface area contributed by atoms with Gasteiger partial charge >= 0.3 is 0 Å². The van der Waals surface area contributed by atoms with E-state index >= 15 is 0 Å². The zero-order valence-corrected chi connectivity index (χ0v) is 12.1. The zero-order valence-electron chi connectivity index (χ0n) is 11.3. The van der Waals surface area contributed by atoms with Crippen molar-refractivity contribution in [3.63, 3.8) is 0 Å². The van der Waals surface area contributed by atoms with Gasteiger partial charge in [-0.25, -0.2) is 4.98 Å². The van der Waals surface area contributed by atoms with Gasteiger partial charge in [-0.15, -0.1) is 0 Å². The van der Waals surface area contributed by atoms with Crippen LogP contribution in [0.1, 0.15) is 34.9 Å². The first-order valence-corrected chi connectivity index (χ1v) is 7.16. The molecule has 6 nitrogen and oxygen atoms in total. The summed E-state index contributed by atoms with van der Waals surface area (Å²) in [6.07, 6.45) is 3.37. The van der Waals surface area contributed by atoms with Gasteiger partial charge in [0.1, 0.15) is 5.69 Å². The Bertz CT molecular complexity index is 620. The van der Waals surface area contributed by atoms with Gasteiger partial charge in [0.15, 0.2) is 5.82 Å². The number of nitrogens with one attached hydrogen (secondary N) is 2. The molecule has 0 spiro atoms. The molecule has 1 aliphatic heterocycles. The molecule has 7 heteroatoms. The first-order chi connectivity index (χ1) is 10.2. The van der Waals surface area contributed by atoms with Crippen LogP contribution in [0.5, 0.6) is 0 Å². The maximum atomic E-state index is 12.0. The molecule has 2 aromatic rings. The molecule has 3 rings (SSSR count). The molecule has 0 aliphatic carbocycles. The molecule has 1 amide bonds. The first kappa shape index (κ1) is 14.0. The normalized spacial score (nSPS) is 15.9. The predicted octanol–water partition coefficient (Wildman–Crippen LogP) is 2.60. The lowest BCUT2D eigenvalue weighted by atomic mass is 9.97. The van der Waals surface area contributed by atoms with E-state index in [0.29, 0.717) is 22.5 Å². The van der Waals surface area contributed by atoms with Crippen molar-refractivity contribution in [2.75, 3.05) is 18.5 Å². The highest BCUT2D eigenvalue weighted by molar-refractivity contribution is 6.30. The molecule has 110 valence electrons. The molecule has 2 N–H and O–H groups in total. The second-order valence-corrected chi connectivity index (χ2v) is 5.35. The quantitative estimate of drug-likeness (QED) is 0.913. The van der Waals surface area contributed by atoms with Crippen molar-refractivity contribution in [2.24, 2.45) is 0 Å². The number of H-pyrrole nitrogens is 1. The van der Waals surface area contributed by atoms with Gasteiger partial charge in [-0.2, -0.15) is 5.10 Å². The summed E-state index contributed by atoms with van der Waals surface area (Å²) in [6.45, 7) is 1.53. The zero-order chi connectivity index (χ0) is 14.7. The van der Waals surface area contributed by atoms with Gasteiger partial charge in [-0.3, -0.25) is 9.89 Å². The Morgan fingerprint density at radius 1 is 1.38 bits per heavy atom. The molecule has 0 unspecified atom stereocenters. The van der Waals surface area contributed by atoms with E-state index in [1.165, 1.54) is 6.20 Å². The molecule has 0 radical (unpaired) electrons. The van der Waals surface area contributed by atoms with Crippen LogP contribution in [0.25, 0.3) is 0 Å². The summed E-state index contributed by atoms with van der Waals surface area (Å²) in [5.74, 6) is 0.598. The van der Waals surface area contributed by atoms with E-state index in [1.807, 2.05) is 6.07 Å². The molecular formula is C14H15ClN4O2. The fraction of sp³-hybridized carbons (Fsp3) is 0.357. The Hall–Kier alpha value is -1.92. The van der Waals surface area contributed by atoms with Gasteiger partial charge < -0.3 is 10.1 Å². The highest BCUT2D eigenvalue weighted by atomic mass is 35.5. The lowest BCUT2D eigenvalue weighted by molar-refractivity contribution is 0.0845. The Morgan fingerprint density at radius 2 is 2.19 bits per heavy atom. The van der Waals surface area contributed by atoms with Crippen molar-refractivity contribution >= 4 is 23.3 Å². The summed E-state index contributed by atoms with van der Waals surface area (Å²) in [4.78, 5) is 16.0. The molecule has 1 saturated heterocycles. The van der Waals surface area contributed by atoms with E-state index in [2.05, 4.69) is 20.5 Å². The molecule has 0 saturated carbocycles. The number of aromatic amines is 1. The third-order valence-electron chi connectivity index (χ3n) is 3.46. The number of aromatic nitrogens is 3. The van der Waals surface area contributed by atoms with Gasteiger partial charge in [0.05, 0.1) is 5.02 Å². The van der Waals surface area contributed by atoms with E-state index in [9.17, 15) is 4.79 Å². The summed E-state index contributed by atoms with van der Waals surface area (Å²) in [6, 6.07) is 5.06. The number of carbonyl (C=O) groups is 1. The van der Waals surface area contributed by atoms with Crippen molar-refractivity contribution < 1.29 is 9.53 Å². The third-order valence-corrected chi connectivity index (χ3v) is 3.68. The molecule has 3 heterocycles. The van der Waals surface area contributed by atoms with Crippen molar-refractivity contribution in [3.8, 4) is 0 Å². The molecule has 0 aromatic carbocycles. The minimum Gasteiger partial charge on any atom is -0.381 e. The highest BCUT2D eigenvalue weighted by Gasteiger charge is 2.19. The Morgan fingerprint density at radius 3 is 2.90 bits per heavy atom. The third kappa shape index (κ3) is 3.40. The van der Waals surface area contributed by atoms with E-state index in [4.69, 9.17) is 16.3 Å². The van der Waals surface area contributed by atoms with Gasteiger partial charge in [0, 0.05) is 37.1 Å². The molecular weight excluding hydrogens is 292 g/mol. The van der Waals surface area contributed by atoms with Crippen LogP contribution in [0.2, 0.25) is 5.02 Å². The van der Waals surface area contributed by atoms with E-state index in [1.54, 1.807) is 12.1 Å². The number of nitrogens with zero attached hydrogens (tertiary/aromatic N) is 2. The Labute approximate surface area is 126 Å². The maximum absolute atomic E-state index is 12.0. The molecule has 1 aliphatic rings. The van der Waals surface area contributed by atoms with Crippen LogP contribution in [0.3, 0.4) is 0 Å². The smallest absolute Gasteiger partial charge is 0.275 e. The predicted molar refractivity (Wildman–Crippen MR) is 78.6 cm³/mol. The lowest BCUT2D eigenvalue weighted by Crippen LogP contribution is -2.14. The average molecular weight is 307 g/mol. The van der Waals surface area contributed by atoms with Crippen LogP contribution in [0, 0.1) is 0 Å². The summed E-state index contributed by atoms with van der Waals surface area (Å²) in [5.41, 5.74) is 1.33. The topological polar surface area (TPSA) is 79.9 Å². The summed E-state index contributed by atoms with van der Waals surface area (Å²) in [5, 5.41) is 10.3. The van der Waals surface area contributed by atoms with Crippen LogP contribution in [-0.2, 0) is 4.74 Å². The van der Waals surface area contributed by atoms with Gasteiger partial charge in [-0.05, 0) is 25.0 Å². The van der Waals surface area contributed by atoms with E-state index in [0.717, 1.165) is 31.7 Å². The molecule has 0 bridgehead atoms. The monoisotopic (exact) mass is 306 g/mol. The first-order valence-electron chi connectivity index (χ1n) is 6.78. The van der Waals surface area contributed by atoms with Gasteiger partial charge in [0.25, 0.3) is 5.91 Å². The summed E-state index contributed by atoms with van der Waals surface area (Å²) >= 11 is 5.74. The Kier molecular flexibility index (Phi) is 4.17. The highest BCUT2D eigenvalue weighted by Crippen LogP contribution is 2.26. The molecule has 1 fully saturated rings. The average Bonchev–Trinajstić information content (AvgIpc) is 2.97. The number of hydrogen-bond acceptors (Lipinski definition) is 4. The fourth-order valence-electron chi connectivity index (χ4n) is 2.31. The van der Waals surface area contributed by atoms with Gasteiger partial charge in [-0.1, -0.05) is 11.6 Å². The van der Waals surface area contributed by atoms with Crippen molar-refractivity contribution in [1.82, 2.24) is 15.2 Å². The summed E-state index contributed by atoms with van der Waals surface area (Å²) < 4.78 is 5.34. The van der Waals surface area contributed by atoms with Crippen LogP contribution >= 0.6 is 11.6 Å². The van der Waals surface area contributed by atoms with Crippen molar-refractivity contribution in [2.45, 2.75) is 18.8 Å². The number of hydrogen-bond donors (Lipinski definition) is 2. The van der Waals surface area contributed by atoms with E-state index < -0.39 is 0 Å². The largest absolute Gasteiger partial charge is 0.381 e. The van der Waals surface area contributed by atoms with Crippen molar-refractivity contribution in [1.29, 1.82) is 0 Å². The van der Waals surface area contributed by atoms with Crippen LogP contribution in [-0.4, -0.2) is 34.3 Å². The van der Waals surface area contributed by atoms with E-state index in [-0.39, 0.29) is 5.91 Å². The lowest BCUT2D eigenvalue weighted by Gasteiger charge is -2.20.